The number of aliphatic carboxylic acids is 2. The van der Waals surface area contributed by atoms with Crippen LogP contribution in [0.15, 0.2) is 30.5 Å². The van der Waals surface area contributed by atoms with Crippen LogP contribution >= 0.6 is 12.6 Å². The smallest absolute Gasteiger partial charge is 0.326 e. The number of rotatable bonds is 17. The molecule has 5 atom stereocenters. The molecule has 2 rings (SSSR count). The first-order chi connectivity index (χ1) is 20.2. The predicted octanol–water partition coefficient (Wildman–Crippen LogP) is -0.0779. The molecule has 1 aromatic carbocycles. The summed E-state index contributed by atoms with van der Waals surface area (Å²) in [5, 5.41) is 29.3. The van der Waals surface area contributed by atoms with Gasteiger partial charge in [0.15, 0.2) is 0 Å². The van der Waals surface area contributed by atoms with Gasteiger partial charge in [0.25, 0.3) is 0 Å². The molecule has 1 aromatic heterocycles. The molecule has 1 heterocycles. The van der Waals surface area contributed by atoms with E-state index in [-0.39, 0.29) is 30.9 Å². The van der Waals surface area contributed by atoms with Crippen molar-refractivity contribution in [1.29, 1.82) is 0 Å². The second-order valence-electron chi connectivity index (χ2n) is 10.7. The molecule has 0 fully saturated rings. The van der Waals surface area contributed by atoms with Gasteiger partial charge in [0.2, 0.25) is 23.6 Å². The molecule has 0 aliphatic carbocycles. The number of H-pyrrole nitrogens is 1. The van der Waals surface area contributed by atoms with Crippen LogP contribution in [-0.4, -0.2) is 86.7 Å². The number of thiol groups is 1. The molecular formula is C28H40N6O8S. The number of carbonyl (C=O) groups is 6. The second kappa shape index (κ2) is 16.5. The monoisotopic (exact) mass is 620 g/mol. The average molecular weight is 621 g/mol. The van der Waals surface area contributed by atoms with Crippen LogP contribution in [0.2, 0.25) is 0 Å². The number of fused-ring (bicyclic) bond motifs is 1. The molecule has 2 aromatic rings. The SMILES string of the molecule is CC(C)C[C@H](NC(=O)[C@H](Cc1c[nH]c2ccccc12)NC(=O)[C@H](C)NC(=O)[C@@H](N)CS)C(=O)N[C@@H](CCC(=O)O)C(=O)O. The zero-order chi connectivity index (χ0) is 32.3. The number of hydrogen-bond donors (Lipinski definition) is 9. The van der Waals surface area contributed by atoms with E-state index < -0.39 is 72.2 Å². The summed E-state index contributed by atoms with van der Waals surface area (Å²) in [6, 6.07) is 1.48. The molecule has 0 aliphatic heterocycles. The number of nitrogens with two attached hydrogens (primary N) is 1. The number of para-hydroxylation sites is 1. The average Bonchev–Trinajstić information content (AvgIpc) is 3.35. The molecule has 0 bridgehead atoms. The third-order valence-corrected chi connectivity index (χ3v) is 7.01. The lowest BCUT2D eigenvalue weighted by Crippen LogP contribution is -2.58. The Morgan fingerprint density at radius 2 is 1.47 bits per heavy atom. The lowest BCUT2D eigenvalue weighted by molar-refractivity contribution is -0.143. The number of nitrogens with one attached hydrogen (secondary N) is 5. The van der Waals surface area contributed by atoms with Crippen molar-refractivity contribution in [2.24, 2.45) is 11.7 Å². The largest absolute Gasteiger partial charge is 0.481 e. The zero-order valence-electron chi connectivity index (χ0n) is 24.3. The summed E-state index contributed by atoms with van der Waals surface area (Å²) >= 11 is 3.98. The zero-order valence-corrected chi connectivity index (χ0v) is 25.1. The Morgan fingerprint density at radius 3 is 2.07 bits per heavy atom. The second-order valence-corrected chi connectivity index (χ2v) is 11.0. The maximum Gasteiger partial charge on any atom is 0.326 e. The Labute approximate surface area is 254 Å². The molecule has 0 saturated carbocycles. The fourth-order valence-electron chi connectivity index (χ4n) is 4.27. The summed E-state index contributed by atoms with van der Waals surface area (Å²) in [5.74, 6) is -5.48. The fraction of sp³-hybridized carbons (Fsp3) is 0.500. The highest BCUT2D eigenvalue weighted by Crippen LogP contribution is 2.19. The summed E-state index contributed by atoms with van der Waals surface area (Å²) in [4.78, 5) is 77.7. The van der Waals surface area contributed by atoms with Gasteiger partial charge in [0, 0.05) is 35.7 Å². The van der Waals surface area contributed by atoms with Crippen LogP contribution in [0.4, 0.5) is 0 Å². The molecule has 4 amide bonds. The number of carbonyl (C=O) groups excluding carboxylic acids is 4. The Balaban J connectivity index is 2.31. The lowest BCUT2D eigenvalue weighted by Gasteiger charge is -2.26. The first-order valence-electron chi connectivity index (χ1n) is 13.8. The molecule has 236 valence electrons. The van der Waals surface area contributed by atoms with Crippen molar-refractivity contribution in [2.75, 3.05) is 5.75 Å². The van der Waals surface area contributed by atoms with Gasteiger partial charge in [-0.2, -0.15) is 12.6 Å². The molecule has 15 heteroatoms. The van der Waals surface area contributed by atoms with Crippen LogP contribution in [0.5, 0.6) is 0 Å². The van der Waals surface area contributed by atoms with Gasteiger partial charge < -0.3 is 42.2 Å². The molecule has 14 nitrogen and oxygen atoms in total. The normalized spacial score (nSPS) is 14.7. The predicted molar refractivity (Wildman–Crippen MR) is 161 cm³/mol. The highest BCUT2D eigenvalue weighted by Gasteiger charge is 2.32. The van der Waals surface area contributed by atoms with E-state index in [1.807, 2.05) is 24.3 Å². The minimum Gasteiger partial charge on any atom is -0.481 e. The van der Waals surface area contributed by atoms with Crippen LogP contribution in [0, 0.1) is 5.92 Å². The van der Waals surface area contributed by atoms with E-state index in [2.05, 4.69) is 38.9 Å². The van der Waals surface area contributed by atoms with Gasteiger partial charge in [-0.05, 0) is 37.3 Å². The van der Waals surface area contributed by atoms with Crippen LogP contribution in [0.25, 0.3) is 10.9 Å². The molecule has 9 N–H and O–H groups in total. The summed E-state index contributed by atoms with van der Waals surface area (Å²) in [6.45, 7) is 5.03. The number of carboxylic acid groups (broad SMARTS) is 2. The molecule has 0 unspecified atom stereocenters. The van der Waals surface area contributed by atoms with Crippen molar-refractivity contribution >= 4 is 59.1 Å². The van der Waals surface area contributed by atoms with Gasteiger partial charge in [-0.3, -0.25) is 24.0 Å². The third kappa shape index (κ3) is 10.9. The summed E-state index contributed by atoms with van der Waals surface area (Å²) in [5.41, 5.74) is 7.19. The van der Waals surface area contributed by atoms with Gasteiger partial charge in [-0.1, -0.05) is 32.0 Å². The van der Waals surface area contributed by atoms with Crippen molar-refractivity contribution < 1.29 is 39.0 Å². The van der Waals surface area contributed by atoms with Crippen LogP contribution < -0.4 is 27.0 Å². The van der Waals surface area contributed by atoms with Crippen molar-refractivity contribution in [2.45, 2.75) is 76.7 Å². The fourth-order valence-corrected chi connectivity index (χ4v) is 4.43. The lowest BCUT2D eigenvalue weighted by atomic mass is 10.00. The Morgan fingerprint density at radius 1 is 0.860 bits per heavy atom. The van der Waals surface area contributed by atoms with Crippen molar-refractivity contribution in [3.8, 4) is 0 Å². The number of benzene rings is 1. The first kappa shape index (κ1) is 35.1. The molecular weight excluding hydrogens is 580 g/mol. The maximum atomic E-state index is 13.6. The minimum atomic E-state index is -1.48. The van der Waals surface area contributed by atoms with Gasteiger partial charge in [-0.15, -0.1) is 0 Å². The van der Waals surface area contributed by atoms with Crippen molar-refractivity contribution in [3.63, 3.8) is 0 Å². The molecule has 43 heavy (non-hydrogen) atoms. The number of amides is 4. The van der Waals surface area contributed by atoms with E-state index >= 15 is 0 Å². The van der Waals surface area contributed by atoms with E-state index in [0.29, 0.717) is 5.56 Å². The van der Waals surface area contributed by atoms with Gasteiger partial charge in [-0.25, -0.2) is 4.79 Å². The summed E-state index contributed by atoms with van der Waals surface area (Å²) in [6.07, 6.45) is 1.02. The van der Waals surface area contributed by atoms with Crippen molar-refractivity contribution in [3.05, 3.63) is 36.0 Å². The Bertz CT molecular complexity index is 1320. The van der Waals surface area contributed by atoms with E-state index in [9.17, 15) is 33.9 Å². The summed E-state index contributed by atoms with van der Waals surface area (Å²) < 4.78 is 0. The van der Waals surface area contributed by atoms with Crippen LogP contribution in [0.3, 0.4) is 0 Å². The number of aromatic amines is 1. The molecule has 0 spiro atoms. The Hall–Kier alpha value is -4.11. The van der Waals surface area contributed by atoms with E-state index in [4.69, 9.17) is 10.8 Å². The molecule has 0 radical (unpaired) electrons. The number of aromatic nitrogens is 1. The highest BCUT2D eigenvalue weighted by atomic mass is 32.1. The van der Waals surface area contributed by atoms with Crippen LogP contribution in [0.1, 0.15) is 45.6 Å². The minimum absolute atomic E-state index is 0.0186. The first-order valence-corrected chi connectivity index (χ1v) is 14.4. The Kier molecular flexibility index (Phi) is 13.5. The highest BCUT2D eigenvalue weighted by molar-refractivity contribution is 7.80. The number of hydrogen-bond acceptors (Lipinski definition) is 8. The standard InChI is InChI=1S/C28H40N6O8S/c1-14(2)10-21(26(39)32-20(28(41)42)8-9-23(35)36)34-27(40)22(11-16-12-30-19-7-5-4-6-17(16)19)33-24(37)15(3)31-25(38)18(29)13-43/h4-7,12,14-15,18,20-22,30,43H,8-11,13,29H2,1-3H3,(H,31,38)(H,32,39)(H,33,37)(H,34,40)(H,35,36)(H,41,42)/t15-,18-,20-,21-,22-/m0/s1. The van der Waals surface area contributed by atoms with Gasteiger partial charge >= 0.3 is 11.9 Å². The summed E-state index contributed by atoms with van der Waals surface area (Å²) in [7, 11) is 0. The quantitative estimate of drug-likeness (QED) is 0.107. The van der Waals surface area contributed by atoms with Gasteiger partial charge in [0.05, 0.1) is 6.04 Å². The van der Waals surface area contributed by atoms with Crippen LogP contribution in [-0.2, 0) is 35.2 Å². The molecule has 0 saturated heterocycles. The van der Waals surface area contributed by atoms with Gasteiger partial charge in [0.1, 0.15) is 24.2 Å². The third-order valence-electron chi connectivity index (χ3n) is 6.62. The van der Waals surface area contributed by atoms with E-state index in [1.54, 1.807) is 20.0 Å². The topological polar surface area (TPSA) is 233 Å². The molecule has 0 aliphatic rings. The maximum absolute atomic E-state index is 13.6. The van der Waals surface area contributed by atoms with E-state index in [0.717, 1.165) is 10.9 Å². The van der Waals surface area contributed by atoms with E-state index in [1.165, 1.54) is 6.92 Å². The van der Waals surface area contributed by atoms with Crippen molar-refractivity contribution in [1.82, 2.24) is 26.3 Å². The number of carboxylic acids is 2.